The molecule has 0 fully saturated rings. The second-order valence-corrected chi connectivity index (χ2v) is 1.55. The first kappa shape index (κ1) is 8.45. The van der Waals surface area contributed by atoms with Gasteiger partial charge in [-0.15, -0.1) is 0 Å². The molecule has 0 unspecified atom stereocenters. The van der Waals surface area contributed by atoms with Gasteiger partial charge in [0.1, 0.15) is 5.84 Å². The molecule has 52 valence electrons. The highest BCUT2D eigenvalue weighted by Gasteiger charge is 2.10. The number of amidine groups is 1. The molecule has 0 aromatic rings. The lowest BCUT2D eigenvalue weighted by atomic mass is 10.2. The summed E-state index contributed by atoms with van der Waals surface area (Å²) in [5.74, 6) is -0.361. The molecular weight excluding hydrogens is 128 g/mol. The number of hydrogen-bond donors (Lipinski definition) is 1. The van der Waals surface area contributed by atoms with Gasteiger partial charge < -0.3 is 5.32 Å². The first-order valence-electron chi connectivity index (χ1n) is 2.73. The number of rotatable bonds is 1. The Morgan fingerprint density at radius 3 is 2.10 bits per heavy atom. The van der Waals surface area contributed by atoms with Gasteiger partial charge in [0, 0.05) is 14.1 Å². The molecule has 0 atom stereocenters. The maximum absolute atomic E-state index is 8.37. The Morgan fingerprint density at radius 1 is 1.50 bits per heavy atom. The fourth-order valence-electron chi connectivity index (χ4n) is 0.536. The minimum absolute atomic E-state index is 0.407. The molecule has 0 heterocycles. The average Bonchev–Trinajstić information content (AvgIpc) is 2.00. The smallest absolute Gasteiger partial charge is 0.189 e. The molecule has 0 saturated heterocycles. The van der Waals surface area contributed by atoms with Crippen molar-refractivity contribution in [1.82, 2.24) is 5.32 Å². The van der Waals surface area contributed by atoms with Crippen LogP contribution in [0.5, 0.6) is 0 Å². The third-order valence-electron chi connectivity index (χ3n) is 1.03. The van der Waals surface area contributed by atoms with Crippen molar-refractivity contribution in [2.75, 3.05) is 14.1 Å². The van der Waals surface area contributed by atoms with Gasteiger partial charge in [-0.25, -0.2) is 0 Å². The summed E-state index contributed by atoms with van der Waals surface area (Å²) >= 11 is 0. The molecule has 0 bridgehead atoms. The number of nitriles is 2. The summed E-state index contributed by atoms with van der Waals surface area (Å²) in [6.07, 6.45) is 0. The van der Waals surface area contributed by atoms with Crippen molar-refractivity contribution in [2.45, 2.75) is 0 Å². The summed E-state index contributed by atoms with van der Waals surface area (Å²) in [6, 6.07) is 3.60. The third-order valence-corrected chi connectivity index (χ3v) is 1.03. The molecular formula is C6H8N4. The summed E-state index contributed by atoms with van der Waals surface area (Å²) in [7, 11) is 3.16. The lowest BCUT2D eigenvalue weighted by molar-refractivity contribution is 1.01. The van der Waals surface area contributed by atoms with Gasteiger partial charge in [-0.1, -0.05) is 0 Å². The molecule has 0 rings (SSSR count). The van der Waals surface area contributed by atoms with Gasteiger partial charge in [0.25, 0.3) is 0 Å². The molecule has 0 aromatic heterocycles. The van der Waals surface area contributed by atoms with Gasteiger partial charge in [0.05, 0.1) is 12.1 Å². The van der Waals surface area contributed by atoms with Crippen LogP contribution >= 0.6 is 0 Å². The van der Waals surface area contributed by atoms with Crippen LogP contribution < -0.4 is 5.32 Å². The molecule has 0 amide bonds. The SMILES string of the molecule is CN=C(NC)C(C#N)C#N. The minimum atomic E-state index is -0.769. The van der Waals surface area contributed by atoms with Gasteiger partial charge in [0.2, 0.25) is 0 Å². The number of nitrogens with zero attached hydrogens (tertiary/aromatic N) is 3. The Kier molecular flexibility index (Phi) is 3.67. The zero-order chi connectivity index (χ0) is 7.98. The van der Waals surface area contributed by atoms with Crippen LogP contribution in [0.4, 0.5) is 0 Å². The molecule has 0 saturated carbocycles. The molecule has 0 aliphatic rings. The van der Waals surface area contributed by atoms with E-state index >= 15 is 0 Å². The largest absolute Gasteiger partial charge is 0.375 e. The lowest BCUT2D eigenvalue weighted by Gasteiger charge is -2.01. The summed E-state index contributed by atoms with van der Waals surface area (Å²) < 4.78 is 0. The Hall–Kier alpha value is -1.55. The molecule has 4 nitrogen and oxygen atoms in total. The zero-order valence-electron chi connectivity index (χ0n) is 5.92. The van der Waals surface area contributed by atoms with E-state index in [9.17, 15) is 0 Å². The molecule has 4 heteroatoms. The van der Waals surface area contributed by atoms with Crippen LogP contribution in [0, 0.1) is 28.6 Å². The van der Waals surface area contributed by atoms with Gasteiger partial charge in [-0.2, -0.15) is 10.5 Å². The first-order valence-corrected chi connectivity index (χ1v) is 2.73. The van der Waals surface area contributed by atoms with E-state index in [0.717, 1.165) is 0 Å². The van der Waals surface area contributed by atoms with E-state index in [-0.39, 0.29) is 0 Å². The Morgan fingerprint density at radius 2 is 2.00 bits per heavy atom. The van der Waals surface area contributed by atoms with Gasteiger partial charge in [0.15, 0.2) is 5.92 Å². The van der Waals surface area contributed by atoms with Crippen LogP contribution in [0.15, 0.2) is 4.99 Å². The van der Waals surface area contributed by atoms with Crippen LogP contribution in [0.25, 0.3) is 0 Å². The molecule has 0 aliphatic carbocycles. The van der Waals surface area contributed by atoms with Gasteiger partial charge in [-0.3, -0.25) is 4.99 Å². The van der Waals surface area contributed by atoms with Crippen molar-refractivity contribution in [2.24, 2.45) is 10.9 Å². The minimum Gasteiger partial charge on any atom is -0.375 e. The second-order valence-electron chi connectivity index (χ2n) is 1.55. The van der Waals surface area contributed by atoms with Gasteiger partial charge >= 0.3 is 0 Å². The van der Waals surface area contributed by atoms with Crippen LogP contribution in [-0.2, 0) is 0 Å². The molecule has 10 heavy (non-hydrogen) atoms. The van der Waals surface area contributed by atoms with E-state index < -0.39 is 5.92 Å². The fourth-order valence-corrected chi connectivity index (χ4v) is 0.536. The Labute approximate surface area is 59.8 Å². The Balaban J connectivity index is 4.34. The quantitative estimate of drug-likeness (QED) is 0.404. The normalized spacial score (nSPS) is 10.3. The highest BCUT2D eigenvalue weighted by molar-refractivity contribution is 5.88. The van der Waals surface area contributed by atoms with E-state index in [1.807, 2.05) is 0 Å². The number of aliphatic imine (C=N–C) groups is 1. The standard InChI is InChI=1S/C6H8N4/c1-9-6(10-2)5(3-7)4-8/h5H,1-2H3,(H,9,10). The van der Waals surface area contributed by atoms with Gasteiger partial charge in [-0.05, 0) is 0 Å². The lowest BCUT2D eigenvalue weighted by Crippen LogP contribution is -2.25. The fraction of sp³-hybridized carbons (Fsp3) is 0.500. The summed E-state index contributed by atoms with van der Waals surface area (Å²) in [5, 5.41) is 19.4. The molecule has 0 spiro atoms. The Bertz CT molecular complexity index is 191. The summed E-state index contributed by atoms with van der Waals surface area (Å²) in [5.41, 5.74) is 0. The van der Waals surface area contributed by atoms with E-state index in [0.29, 0.717) is 5.84 Å². The molecule has 0 aliphatic heterocycles. The molecule has 1 N–H and O–H groups in total. The van der Waals surface area contributed by atoms with Crippen LogP contribution in [-0.4, -0.2) is 19.9 Å². The van der Waals surface area contributed by atoms with Crippen molar-refractivity contribution >= 4 is 5.84 Å². The monoisotopic (exact) mass is 136 g/mol. The molecule has 0 aromatic carbocycles. The number of nitrogens with one attached hydrogen (secondary N) is 1. The number of hydrogen-bond acceptors (Lipinski definition) is 3. The zero-order valence-corrected chi connectivity index (χ0v) is 5.92. The third kappa shape index (κ3) is 1.75. The predicted molar refractivity (Wildman–Crippen MR) is 37.1 cm³/mol. The highest BCUT2D eigenvalue weighted by atomic mass is 15.0. The topological polar surface area (TPSA) is 72.0 Å². The maximum Gasteiger partial charge on any atom is 0.189 e. The average molecular weight is 136 g/mol. The summed E-state index contributed by atoms with van der Waals surface area (Å²) in [4.78, 5) is 3.71. The van der Waals surface area contributed by atoms with Crippen LogP contribution in [0.3, 0.4) is 0 Å². The van der Waals surface area contributed by atoms with Crippen molar-refractivity contribution in [3.05, 3.63) is 0 Å². The predicted octanol–water partition coefficient (Wildman–Crippen LogP) is -0.103. The van der Waals surface area contributed by atoms with Crippen molar-refractivity contribution in [1.29, 1.82) is 10.5 Å². The van der Waals surface area contributed by atoms with E-state index in [1.54, 1.807) is 19.2 Å². The van der Waals surface area contributed by atoms with Crippen molar-refractivity contribution in [3.8, 4) is 12.1 Å². The van der Waals surface area contributed by atoms with E-state index in [4.69, 9.17) is 10.5 Å². The van der Waals surface area contributed by atoms with Crippen LogP contribution in [0.2, 0.25) is 0 Å². The maximum atomic E-state index is 8.37. The van der Waals surface area contributed by atoms with E-state index in [1.165, 1.54) is 7.05 Å². The van der Waals surface area contributed by atoms with Crippen molar-refractivity contribution < 1.29 is 0 Å². The van der Waals surface area contributed by atoms with E-state index in [2.05, 4.69) is 10.3 Å². The highest BCUT2D eigenvalue weighted by Crippen LogP contribution is 1.91. The molecule has 0 radical (unpaired) electrons. The summed E-state index contributed by atoms with van der Waals surface area (Å²) in [6.45, 7) is 0. The first-order chi connectivity index (χ1) is 4.79. The van der Waals surface area contributed by atoms with Crippen molar-refractivity contribution in [3.63, 3.8) is 0 Å². The van der Waals surface area contributed by atoms with Crippen LogP contribution in [0.1, 0.15) is 0 Å². The second kappa shape index (κ2) is 4.34.